The van der Waals surface area contributed by atoms with Gasteiger partial charge >= 0.3 is 0 Å². The number of nitrogens with one attached hydrogen (secondary N) is 1. The van der Waals surface area contributed by atoms with E-state index in [-0.39, 0.29) is 18.1 Å². The Bertz CT molecular complexity index is 736. The Labute approximate surface area is 135 Å². The number of benzene rings is 2. The van der Waals surface area contributed by atoms with E-state index in [0.717, 1.165) is 17.0 Å². The third kappa shape index (κ3) is 3.92. The summed E-state index contributed by atoms with van der Waals surface area (Å²) in [6.07, 6.45) is 4.05. The first kappa shape index (κ1) is 15.2. The van der Waals surface area contributed by atoms with Crippen LogP contribution in [0.5, 0.6) is 11.5 Å². The minimum atomic E-state index is -0.337. The monoisotopic (exact) mass is 309 g/mol. The van der Waals surface area contributed by atoms with E-state index in [1.54, 1.807) is 0 Å². The summed E-state index contributed by atoms with van der Waals surface area (Å²) in [5, 5.41) is 2.78. The van der Waals surface area contributed by atoms with E-state index < -0.39 is 0 Å². The molecular formula is C19H19NO3. The zero-order valence-corrected chi connectivity index (χ0v) is 13.2. The molecule has 1 amide bonds. The Morgan fingerprint density at radius 3 is 2.74 bits per heavy atom. The van der Waals surface area contributed by atoms with Crippen LogP contribution in [0.1, 0.15) is 19.4 Å². The molecule has 3 rings (SSSR count). The van der Waals surface area contributed by atoms with Gasteiger partial charge in [0.2, 0.25) is 0 Å². The zero-order chi connectivity index (χ0) is 16.3. The number of carbonyl (C=O) groups is 1. The fraction of sp³-hybridized carbons (Fsp3) is 0.211. The van der Waals surface area contributed by atoms with Crippen LogP contribution >= 0.6 is 0 Å². The fourth-order valence-electron chi connectivity index (χ4n) is 2.31. The second-order valence-electron chi connectivity index (χ2n) is 5.94. The van der Waals surface area contributed by atoms with Gasteiger partial charge in [-0.15, -0.1) is 0 Å². The molecule has 0 bridgehead atoms. The van der Waals surface area contributed by atoms with Crippen molar-refractivity contribution in [3.8, 4) is 11.5 Å². The lowest BCUT2D eigenvalue weighted by molar-refractivity contribution is -0.118. The maximum atomic E-state index is 11.9. The molecule has 2 aromatic rings. The lowest BCUT2D eigenvalue weighted by Gasteiger charge is -2.28. The lowest BCUT2D eigenvalue weighted by atomic mass is 10.0. The quantitative estimate of drug-likeness (QED) is 0.932. The van der Waals surface area contributed by atoms with Crippen LogP contribution in [0.25, 0.3) is 6.08 Å². The van der Waals surface area contributed by atoms with Crippen molar-refractivity contribution in [2.24, 2.45) is 0 Å². The van der Waals surface area contributed by atoms with E-state index in [1.165, 1.54) is 0 Å². The molecule has 1 N–H and O–H groups in total. The third-order valence-corrected chi connectivity index (χ3v) is 3.45. The molecule has 1 aliphatic rings. The highest BCUT2D eigenvalue weighted by Gasteiger charge is 2.21. The molecule has 1 aliphatic heterocycles. The summed E-state index contributed by atoms with van der Waals surface area (Å²) in [6.45, 7) is 3.94. The second-order valence-corrected chi connectivity index (χ2v) is 5.94. The molecule has 4 nitrogen and oxygen atoms in total. The van der Waals surface area contributed by atoms with Crippen molar-refractivity contribution < 1.29 is 14.3 Å². The van der Waals surface area contributed by atoms with Crippen LogP contribution in [-0.2, 0) is 4.79 Å². The van der Waals surface area contributed by atoms with Crippen molar-refractivity contribution in [2.75, 3.05) is 11.9 Å². The normalized spacial score (nSPS) is 14.5. The minimum absolute atomic E-state index is 0.0487. The highest BCUT2D eigenvalue weighted by Crippen LogP contribution is 2.33. The second kappa shape index (κ2) is 6.16. The van der Waals surface area contributed by atoms with Crippen molar-refractivity contribution in [3.63, 3.8) is 0 Å². The molecule has 23 heavy (non-hydrogen) atoms. The lowest BCUT2D eigenvalue weighted by Crippen LogP contribution is -2.27. The van der Waals surface area contributed by atoms with Crippen molar-refractivity contribution in [2.45, 2.75) is 19.4 Å². The number of carbonyl (C=O) groups excluding carboxylic acids is 1. The number of fused-ring (bicyclic) bond motifs is 1. The molecule has 2 aromatic carbocycles. The number of hydrogen-bond acceptors (Lipinski definition) is 3. The molecule has 0 atom stereocenters. The van der Waals surface area contributed by atoms with Gasteiger partial charge in [0.15, 0.2) is 6.61 Å². The topological polar surface area (TPSA) is 47.6 Å². The molecule has 0 fully saturated rings. The van der Waals surface area contributed by atoms with E-state index in [0.29, 0.717) is 5.75 Å². The molecule has 1 heterocycles. The number of anilines is 1. The van der Waals surface area contributed by atoms with Crippen LogP contribution in [0.3, 0.4) is 0 Å². The van der Waals surface area contributed by atoms with Crippen molar-refractivity contribution in [1.29, 1.82) is 0 Å². The first-order chi connectivity index (χ1) is 11.0. The van der Waals surface area contributed by atoms with Gasteiger partial charge in [0, 0.05) is 17.3 Å². The summed E-state index contributed by atoms with van der Waals surface area (Å²) in [5.41, 5.74) is 1.42. The van der Waals surface area contributed by atoms with Crippen molar-refractivity contribution >= 4 is 17.7 Å². The molecule has 4 heteroatoms. The van der Waals surface area contributed by atoms with Gasteiger partial charge in [0.1, 0.15) is 17.1 Å². The Hall–Kier alpha value is -2.75. The van der Waals surface area contributed by atoms with Crippen LogP contribution in [0.15, 0.2) is 54.6 Å². The predicted molar refractivity (Wildman–Crippen MR) is 90.7 cm³/mol. The van der Waals surface area contributed by atoms with Crippen LogP contribution in [0, 0.1) is 0 Å². The van der Waals surface area contributed by atoms with Crippen LogP contribution in [0.4, 0.5) is 5.69 Å². The Balaban J connectivity index is 1.61. The highest BCUT2D eigenvalue weighted by molar-refractivity contribution is 5.91. The number of amides is 1. The largest absolute Gasteiger partial charge is 0.484 e. The van der Waals surface area contributed by atoms with Crippen LogP contribution in [-0.4, -0.2) is 18.1 Å². The van der Waals surface area contributed by atoms with Crippen LogP contribution < -0.4 is 14.8 Å². The fourth-order valence-corrected chi connectivity index (χ4v) is 2.31. The molecule has 0 aliphatic carbocycles. The summed E-state index contributed by atoms with van der Waals surface area (Å²) in [6, 6.07) is 14.9. The van der Waals surface area contributed by atoms with E-state index in [4.69, 9.17) is 9.47 Å². The average molecular weight is 309 g/mol. The van der Waals surface area contributed by atoms with E-state index in [1.807, 2.05) is 74.5 Å². The van der Waals surface area contributed by atoms with Gasteiger partial charge < -0.3 is 14.8 Å². The summed E-state index contributed by atoms with van der Waals surface area (Å²) in [7, 11) is 0. The molecule has 0 aromatic heterocycles. The Morgan fingerprint density at radius 2 is 1.96 bits per heavy atom. The van der Waals surface area contributed by atoms with Crippen LogP contribution in [0.2, 0.25) is 0 Å². The summed E-state index contributed by atoms with van der Waals surface area (Å²) in [4.78, 5) is 11.9. The number of para-hydroxylation sites is 1. The van der Waals surface area contributed by atoms with Gasteiger partial charge in [-0.05, 0) is 44.2 Å². The van der Waals surface area contributed by atoms with Gasteiger partial charge in [0.05, 0.1) is 0 Å². The zero-order valence-electron chi connectivity index (χ0n) is 13.2. The number of rotatable bonds is 4. The van der Waals surface area contributed by atoms with E-state index in [2.05, 4.69) is 5.32 Å². The number of ether oxygens (including phenoxy) is 2. The van der Waals surface area contributed by atoms with Gasteiger partial charge in [-0.1, -0.05) is 24.3 Å². The molecule has 0 saturated heterocycles. The molecule has 0 radical (unpaired) electrons. The first-order valence-corrected chi connectivity index (χ1v) is 7.52. The summed E-state index contributed by atoms with van der Waals surface area (Å²) >= 11 is 0. The molecule has 0 saturated carbocycles. The maximum absolute atomic E-state index is 11.9. The molecule has 0 unspecified atom stereocenters. The predicted octanol–water partition coefficient (Wildman–Crippen LogP) is 3.89. The van der Waals surface area contributed by atoms with Gasteiger partial charge in [-0.3, -0.25) is 4.79 Å². The van der Waals surface area contributed by atoms with Gasteiger partial charge in [0.25, 0.3) is 5.91 Å². The van der Waals surface area contributed by atoms with Gasteiger partial charge in [-0.2, -0.15) is 0 Å². The van der Waals surface area contributed by atoms with Crippen molar-refractivity contribution in [1.82, 2.24) is 0 Å². The van der Waals surface area contributed by atoms with Gasteiger partial charge in [-0.25, -0.2) is 0 Å². The Morgan fingerprint density at radius 1 is 1.17 bits per heavy atom. The SMILES string of the molecule is CC1(C)C=Cc2ccc(OCC(=O)Nc3ccccc3)cc2O1. The molecule has 118 valence electrons. The first-order valence-electron chi connectivity index (χ1n) is 7.52. The maximum Gasteiger partial charge on any atom is 0.262 e. The Kier molecular flexibility index (Phi) is 4.06. The standard InChI is InChI=1S/C19H19NO3/c1-19(2)11-10-14-8-9-16(12-17(14)23-19)22-13-18(21)20-15-6-4-3-5-7-15/h3-12H,13H2,1-2H3,(H,20,21). The van der Waals surface area contributed by atoms with Crippen molar-refractivity contribution in [3.05, 3.63) is 60.2 Å². The van der Waals surface area contributed by atoms with E-state index in [9.17, 15) is 4.79 Å². The minimum Gasteiger partial charge on any atom is -0.484 e. The third-order valence-electron chi connectivity index (χ3n) is 3.45. The van der Waals surface area contributed by atoms with E-state index >= 15 is 0 Å². The average Bonchev–Trinajstić information content (AvgIpc) is 2.52. The molecule has 0 spiro atoms. The summed E-state index contributed by atoms with van der Waals surface area (Å²) < 4.78 is 11.5. The summed E-state index contributed by atoms with van der Waals surface area (Å²) in [5.74, 6) is 1.17. The smallest absolute Gasteiger partial charge is 0.262 e. The number of hydrogen-bond donors (Lipinski definition) is 1. The highest BCUT2D eigenvalue weighted by atomic mass is 16.5. The molecular weight excluding hydrogens is 290 g/mol.